The summed E-state index contributed by atoms with van der Waals surface area (Å²) in [6.45, 7) is 0.845. The Morgan fingerprint density at radius 3 is 2.88 bits per heavy atom. The van der Waals surface area contributed by atoms with Crippen LogP contribution in [0.3, 0.4) is 0 Å². The minimum absolute atomic E-state index is 0.164. The number of carbonyl (C=O) groups is 1. The van der Waals surface area contributed by atoms with Gasteiger partial charge in [-0.25, -0.2) is 0 Å². The second-order valence-electron chi connectivity index (χ2n) is 4.53. The first-order valence-electron chi connectivity index (χ1n) is 6.35. The van der Waals surface area contributed by atoms with Crippen LogP contribution in [-0.4, -0.2) is 12.5 Å². The van der Waals surface area contributed by atoms with Gasteiger partial charge in [-0.1, -0.05) is 48.9 Å². The minimum Gasteiger partial charge on any atom is -0.356 e. The van der Waals surface area contributed by atoms with Gasteiger partial charge in [0.2, 0.25) is 5.91 Å². The second kappa shape index (κ2) is 6.24. The fraction of sp³-hybridized carbons (Fsp3) is 0.400. The summed E-state index contributed by atoms with van der Waals surface area (Å²) in [7, 11) is 0. The zero-order valence-electron chi connectivity index (χ0n) is 10.1. The molecule has 1 aliphatic rings. The van der Waals surface area contributed by atoms with E-state index in [1.165, 1.54) is 5.56 Å². The first kappa shape index (κ1) is 11.9. The zero-order chi connectivity index (χ0) is 11.9. The highest BCUT2D eigenvalue weighted by Gasteiger charge is 2.18. The molecule has 2 heteroatoms. The van der Waals surface area contributed by atoms with Crippen LogP contribution in [0.15, 0.2) is 36.4 Å². The molecule has 1 heterocycles. The van der Waals surface area contributed by atoms with Gasteiger partial charge >= 0.3 is 0 Å². The Labute approximate surface area is 103 Å². The van der Waals surface area contributed by atoms with Gasteiger partial charge in [-0.2, -0.15) is 0 Å². The van der Waals surface area contributed by atoms with E-state index in [1.54, 1.807) is 0 Å². The molecule has 1 amide bonds. The molecule has 1 atom stereocenters. The average Bonchev–Trinajstić information content (AvgIpc) is 2.56. The maximum absolute atomic E-state index is 11.7. The van der Waals surface area contributed by atoms with Gasteiger partial charge in [-0.05, 0) is 24.8 Å². The molecule has 1 saturated heterocycles. The van der Waals surface area contributed by atoms with E-state index >= 15 is 0 Å². The molecule has 1 fully saturated rings. The van der Waals surface area contributed by atoms with E-state index in [9.17, 15) is 4.79 Å². The van der Waals surface area contributed by atoms with Gasteiger partial charge in [0.1, 0.15) is 0 Å². The number of rotatable bonds is 3. The summed E-state index contributed by atoms with van der Waals surface area (Å²) in [6.07, 6.45) is 8.35. The normalized spacial score (nSPS) is 21.2. The summed E-state index contributed by atoms with van der Waals surface area (Å²) in [4.78, 5) is 11.7. The van der Waals surface area contributed by atoms with E-state index in [0.717, 1.165) is 32.2 Å². The Morgan fingerprint density at radius 1 is 1.24 bits per heavy atom. The summed E-state index contributed by atoms with van der Waals surface area (Å²) in [5, 5.41) is 2.97. The lowest BCUT2D eigenvalue weighted by Crippen LogP contribution is -2.28. The molecule has 0 bridgehead atoms. The highest BCUT2D eigenvalue weighted by Crippen LogP contribution is 2.17. The molecule has 1 aliphatic heterocycles. The zero-order valence-corrected chi connectivity index (χ0v) is 10.1. The molecule has 0 aromatic heterocycles. The SMILES string of the molecule is O=C1NCCCCC1CC=Cc1ccccc1. The maximum Gasteiger partial charge on any atom is 0.223 e. The fourth-order valence-corrected chi connectivity index (χ4v) is 2.16. The third kappa shape index (κ3) is 3.74. The summed E-state index contributed by atoms with van der Waals surface area (Å²) in [5.74, 6) is 0.387. The summed E-state index contributed by atoms with van der Waals surface area (Å²) in [6, 6.07) is 10.2. The molecule has 1 aromatic rings. The molecular formula is C15H19NO. The van der Waals surface area contributed by atoms with Crippen molar-refractivity contribution in [3.8, 4) is 0 Å². The van der Waals surface area contributed by atoms with Crippen LogP contribution >= 0.6 is 0 Å². The van der Waals surface area contributed by atoms with E-state index in [2.05, 4.69) is 29.6 Å². The Kier molecular flexibility index (Phi) is 4.37. The van der Waals surface area contributed by atoms with Crippen molar-refractivity contribution in [2.75, 3.05) is 6.54 Å². The third-order valence-corrected chi connectivity index (χ3v) is 3.18. The van der Waals surface area contributed by atoms with Gasteiger partial charge in [-0.15, -0.1) is 0 Å². The maximum atomic E-state index is 11.7. The molecule has 0 saturated carbocycles. The Hall–Kier alpha value is -1.57. The number of hydrogen-bond donors (Lipinski definition) is 1. The lowest BCUT2D eigenvalue weighted by Gasteiger charge is -2.09. The van der Waals surface area contributed by atoms with Gasteiger partial charge < -0.3 is 5.32 Å². The van der Waals surface area contributed by atoms with E-state index < -0.39 is 0 Å². The van der Waals surface area contributed by atoms with Crippen LogP contribution < -0.4 is 5.32 Å². The summed E-state index contributed by atoms with van der Waals surface area (Å²) < 4.78 is 0. The Morgan fingerprint density at radius 2 is 2.06 bits per heavy atom. The molecule has 0 spiro atoms. The van der Waals surface area contributed by atoms with Crippen LogP contribution in [0, 0.1) is 5.92 Å². The molecule has 1 unspecified atom stereocenters. The smallest absolute Gasteiger partial charge is 0.223 e. The Bertz CT molecular complexity index is 383. The Balaban J connectivity index is 1.88. The lowest BCUT2D eigenvalue weighted by molar-refractivity contribution is -0.124. The monoisotopic (exact) mass is 229 g/mol. The van der Waals surface area contributed by atoms with E-state index in [0.29, 0.717) is 0 Å². The molecule has 1 N–H and O–H groups in total. The van der Waals surface area contributed by atoms with Crippen LogP contribution in [0.1, 0.15) is 31.2 Å². The highest BCUT2D eigenvalue weighted by molar-refractivity contribution is 5.79. The van der Waals surface area contributed by atoms with E-state index in [-0.39, 0.29) is 11.8 Å². The quantitative estimate of drug-likeness (QED) is 0.848. The predicted molar refractivity (Wildman–Crippen MR) is 70.4 cm³/mol. The van der Waals surface area contributed by atoms with Crippen molar-refractivity contribution in [3.63, 3.8) is 0 Å². The largest absolute Gasteiger partial charge is 0.356 e. The molecule has 0 aliphatic carbocycles. The molecule has 90 valence electrons. The minimum atomic E-state index is 0.164. The molecule has 2 nitrogen and oxygen atoms in total. The number of nitrogens with one attached hydrogen (secondary N) is 1. The fourth-order valence-electron chi connectivity index (χ4n) is 2.16. The van der Waals surface area contributed by atoms with Crippen LogP contribution in [0.25, 0.3) is 6.08 Å². The number of amides is 1. The van der Waals surface area contributed by atoms with Crippen molar-refractivity contribution in [1.82, 2.24) is 5.32 Å². The lowest BCUT2D eigenvalue weighted by atomic mass is 9.98. The predicted octanol–water partition coefficient (Wildman–Crippen LogP) is 3.01. The van der Waals surface area contributed by atoms with Crippen LogP contribution in [0.4, 0.5) is 0 Å². The first-order valence-corrected chi connectivity index (χ1v) is 6.35. The molecule has 2 rings (SSSR count). The van der Waals surface area contributed by atoms with Crippen molar-refractivity contribution in [2.45, 2.75) is 25.7 Å². The van der Waals surface area contributed by atoms with Gasteiger partial charge in [0, 0.05) is 12.5 Å². The van der Waals surface area contributed by atoms with Crippen molar-refractivity contribution >= 4 is 12.0 Å². The number of benzene rings is 1. The van der Waals surface area contributed by atoms with Crippen molar-refractivity contribution < 1.29 is 4.79 Å². The molecule has 17 heavy (non-hydrogen) atoms. The number of hydrogen-bond acceptors (Lipinski definition) is 1. The van der Waals surface area contributed by atoms with Crippen LogP contribution in [0.2, 0.25) is 0 Å². The van der Waals surface area contributed by atoms with Crippen LogP contribution in [0.5, 0.6) is 0 Å². The standard InChI is InChI=1S/C15H19NO/c17-15-14(10-4-5-12-16-15)11-6-9-13-7-2-1-3-8-13/h1-3,6-9,14H,4-5,10-12H2,(H,16,17). The number of carbonyl (C=O) groups excluding carboxylic acids is 1. The highest BCUT2D eigenvalue weighted by atomic mass is 16.1. The van der Waals surface area contributed by atoms with E-state index in [4.69, 9.17) is 0 Å². The van der Waals surface area contributed by atoms with Gasteiger partial charge in [-0.3, -0.25) is 4.79 Å². The third-order valence-electron chi connectivity index (χ3n) is 3.18. The number of allylic oxidation sites excluding steroid dienone is 1. The van der Waals surface area contributed by atoms with Gasteiger partial charge in [0.15, 0.2) is 0 Å². The molecular weight excluding hydrogens is 210 g/mol. The first-order chi connectivity index (χ1) is 8.36. The topological polar surface area (TPSA) is 29.1 Å². The molecule has 0 radical (unpaired) electrons. The van der Waals surface area contributed by atoms with Crippen molar-refractivity contribution in [3.05, 3.63) is 42.0 Å². The van der Waals surface area contributed by atoms with Crippen molar-refractivity contribution in [1.29, 1.82) is 0 Å². The summed E-state index contributed by atoms with van der Waals surface area (Å²) >= 11 is 0. The van der Waals surface area contributed by atoms with Gasteiger partial charge in [0.05, 0.1) is 0 Å². The van der Waals surface area contributed by atoms with Gasteiger partial charge in [0.25, 0.3) is 0 Å². The molecule has 1 aromatic carbocycles. The van der Waals surface area contributed by atoms with E-state index in [1.807, 2.05) is 18.2 Å². The second-order valence-corrected chi connectivity index (χ2v) is 4.53. The van der Waals surface area contributed by atoms with Crippen molar-refractivity contribution in [2.24, 2.45) is 5.92 Å². The average molecular weight is 229 g/mol. The van der Waals surface area contributed by atoms with Crippen LogP contribution in [-0.2, 0) is 4.79 Å². The summed E-state index contributed by atoms with van der Waals surface area (Å²) in [5.41, 5.74) is 1.20.